The van der Waals surface area contributed by atoms with E-state index >= 15 is 0 Å². The van der Waals surface area contributed by atoms with E-state index < -0.39 is 0 Å². The minimum atomic E-state index is 0.165. The first-order valence-electron chi connectivity index (χ1n) is 4.73. The molecular formula is C11H12INO. The lowest BCUT2D eigenvalue weighted by Gasteiger charge is -2.03. The number of halogens is 1. The van der Waals surface area contributed by atoms with E-state index in [1.54, 1.807) is 0 Å². The van der Waals surface area contributed by atoms with Crippen LogP contribution in [-0.2, 0) is 4.79 Å². The van der Waals surface area contributed by atoms with Crippen LogP contribution >= 0.6 is 22.6 Å². The summed E-state index contributed by atoms with van der Waals surface area (Å²) in [7, 11) is 0. The normalized spacial score (nSPS) is 24.4. The van der Waals surface area contributed by atoms with Crippen LogP contribution in [0.4, 0.5) is 5.69 Å². The highest BCUT2D eigenvalue weighted by Crippen LogP contribution is 2.38. The zero-order chi connectivity index (χ0) is 10.1. The Balaban J connectivity index is 1.97. The predicted molar refractivity (Wildman–Crippen MR) is 65.1 cm³/mol. The maximum atomic E-state index is 11.6. The zero-order valence-corrected chi connectivity index (χ0v) is 10.1. The quantitative estimate of drug-likeness (QED) is 0.836. The molecule has 1 aliphatic rings. The molecule has 2 rings (SSSR count). The van der Waals surface area contributed by atoms with Gasteiger partial charge in [0.25, 0.3) is 0 Å². The first-order chi connectivity index (χ1) is 6.66. The van der Waals surface area contributed by atoms with Gasteiger partial charge in [0.1, 0.15) is 0 Å². The average molecular weight is 301 g/mol. The third-order valence-corrected chi connectivity index (χ3v) is 3.28. The van der Waals surface area contributed by atoms with Crippen LogP contribution < -0.4 is 5.32 Å². The van der Waals surface area contributed by atoms with Crippen LogP contribution in [0.5, 0.6) is 0 Å². The fourth-order valence-electron chi connectivity index (χ4n) is 1.46. The Morgan fingerprint density at radius 3 is 2.50 bits per heavy atom. The Labute approximate surface area is 97.2 Å². The molecule has 1 aromatic carbocycles. The number of anilines is 1. The van der Waals surface area contributed by atoms with Crippen molar-refractivity contribution in [2.45, 2.75) is 13.3 Å². The van der Waals surface area contributed by atoms with Crippen LogP contribution in [0.2, 0.25) is 0 Å². The van der Waals surface area contributed by atoms with Crippen LogP contribution in [0, 0.1) is 15.4 Å². The minimum Gasteiger partial charge on any atom is -0.326 e. The fraction of sp³-hybridized carbons (Fsp3) is 0.364. The molecule has 0 spiro atoms. The Hall–Kier alpha value is -0.580. The zero-order valence-electron chi connectivity index (χ0n) is 7.96. The van der Waals surface area contributed by atoms with E-state index in [2.05, 4.69) is 34.8 Å². The van der Waals surface area contributed by atoms with Crippen LogP contribution in [0.1, 0.15) is 13.3 Å². The molecule has 0 unspecified atom stereocenters. The van der Waals surface area contributed by atoms with E-state index in [4.69, 9.17) is 0 Å². The number of carbonyl (C=O) groups excluding carboxylic acids is 1. The van der Waals surface area contributed by atoms with Gasteiger partial charge in [0.05, 0.1) is 0 Å². The molecule has 1 N–H and O–H groups in total. The molecule has 1 aliphatic carbocycles. The molecule has 0 aliphatic heterocycles. The highest BCUT2D eigenvalue weighted by Gasteiger charge is 2.38. The number of hydrogen-bond acceptors (Lipinski definition) is 1. The molecule has 1 fully saturated rings. The molecule has 1 saturated carbocycles. The Morgan fingerprint density at radius 1 is 1.43 bits per heavy atom. The van der Waals surface area contributed by atoms with Gasteiger partial charge in [-0.15, -0.1) is 0 Å². The van der Waals surface area contributed by atoms with Crippen molar-refractivity contribution in [2.75, 3.05) is 5.32 Å². The van der Waals surface area contributed by atoms with Crippen LogP contribution in [0.25, 0.3) is 0 Å². The summed E-state index contributed by atoms with van der Waals surface area (Å²) in [6, 6.07) is 7.86. The summed E-state index contributed by atoms with van der Waals surface area (Å²) in [4.78, 5) is 11.6. The van der Waals surface area contributed by atoms with Gasteiger partial charge in [-0.05, 0) is 59.2 Å². The van der Waals surface area contributed by atoms with E-state index in [1.807, 2.05) is 24.3 Å². The molecule has 1 amide bonds. The van der Waals surface area contributed by atoms with Crippen LogP contribution in [-0.4, -0.2) is 5.91 Å². The van der Waals surface area contributed by atoms with Crippen LogP contribution in [0.3, 0.4) is 0 Å². The number of rotatable bonds is 2. The first kappa shape index (κ1) is 9.96. The second-order valence-electron chi connectivity index (χ2n) is 3.82. The van der Waals surface area contributed by atoms with E-state index in [0.717, 1.165) is 12.1 Å². The topological polar surface area (TPSA) is 29.1 Å². The van der Waals surface area contributed by atoms with E-state index in [-0.39, 0.29) is 11.8 Å². The van der Waals surface area contributed by atoms with Crippen molar-refractivity contribution < 1.29 is 4.79 Å². The molecule has 0 radical (unpaired) electrons. The van der Waals surface area contributed by atoms with Crippen molar-refractivity contribution in [3.05, 3.63) is 27.8 Å². The third kappa shape index (κ3) is 2.26. The molecule has 14 heavy (non-hydrogen) atoms. The molecule has 3 heteroatoms. The maximum absolute atomic E-state index is 11.6. The lowest BCUT2D eigenvalue weighted by Crippen LogP contribution is -2.14. The minimum absolute atomic E-state index is 0.165. The highest BCUT2D eigenvalue weighted by atomic mass is 127. The molecular weight excluding hydrogens is 289 g/mol. The van der Waals surface area contributed by atoms with Gasteiger partial charge in [0, 0.05) is 15.2 Å². The molecule has 0 heterocycles. The number of hydrogen-bond donors (Lipinski definition) is 1. The van der Waals surface area contributed by atoms with Gasteiger partial charge in [-0.3, -0.25) is 4.79 Å². The summed E-state index contributed by atoms with van der Waals surface area (Å²) in [5.74, 6) is 0.979. The summed E-state index contributed by atoms with van der Waals surface area (Å²) in [6.45, 7) is 2.11. The number of benzene rings is 1. The van der Waals surface area contributed by atoms with Crippen molar-refractivity contribution >= 4 is 34.2 Å². The lowest BCUT2D eigenvalue weighted by atomic mass is 10.3. The largest absolute Gasteiger partial charge is 0.326 e. The van der Waals surface area contributed by atoms with Crippen molar-refractivity contribution in [2.24, 2.45) is 11.8 Å². The fourth-order valence-corrected chi connectivity index (χ4v) is 1.82. The molecule has 0 saturated heterocycles. The second-order valence-corrected chi connectivity index (χ2v) is 5.06. The standard InChI is InChI=1S/C11H12INO/c1-7-6-10(7)11(14)13-9-4-2-8(12)3-5-9/h2-5,7,10H,6H2,1H3,(H,13,14)/t7-,10-/m0/s1. The summed E-state index contributed by atoms with van der Waals surface area (Å²) in [5, 5.41) is 2.92. The van der Waals surface area contributed by atoms with E-state index in [1.165, 1.54) is 3.57 Å². The summed E-state index contributed by atoms with van der Waals surface area (Å²) in [6.07, 6.45) is 1.04. The maximum Gasteiger partial charge on any atom is 0.227 e. The van der Waals surface area contributed by atoms with Gasteiger partial charge in [0.2, 0.25) is 5.91 Å². The summed E-state index contributed by atoms with van der Waals surface area (Å²) >= 11 is 2.25. The molecule has 2 nitrogen and oxygen atoms in total. The Morgan fingerprint density at radius 2 is 2.00 bits per heavy atom. The Kier molecular flexibility index (Phi) is 2.76. The molecule has 2 atom stereocenters. The molecule has 74 valence electrons. The average Bonchev–Trinajstić information content (AvgIpc) is 2.87. The summed E-state index contributed by atoms with van der Waals surface area (Å²) in [5.41, 5.74) is 0.898. The number of amides is 1. The van der Waals surface area contributed by atoms with Gasteiger partial charge in [-0.1, -0.05) is 6.92 Å². The molecule has 0 bridgehead atoms. The van der Waals surface area contributed by atoms with Gasteiger partial charge in [-0.25, -0.2) is 0 Å². The first-order valence-corrected chi connectivity index (χ1v) is 5.81. The van der Waals surface area contributed by atoms with Gasteiger partial charge in [-0.2, -0.15) is 0 Å². The third-order valence-electron chi connectivity index (χ3n) is 2.56. The van der Waals surface area contributed by atoms with Crippen molar-refractivity contribution in [1.29, 1.82) is 0 Å². The van der Waals surface area contributed by atoms with Gasteiger partial charge in [0.15, 0.2) is 0 Å². The van der Waals surface area contributed by atoms with E-state index in [0.29, 0.717) is 5.92 Å². The lowest BCUT2D eigenvalue weighted by molar-refractivity contribution is -0.117. The van der Waals surface area contributed by atoms with Crippen molar-refractivity contribution in [3.63, 3.8) is 0 Å². The predicted octanol–water partition coefficient (Wildman–Crippen LogP) is 2.89. The van der Waals surface area contributed by atoms with Gasteiger partial charge < -0.3 is 5.32 Å². The monoisotopic (exact) mass is 301 g/mol. The number of nitrogens with one attached hydrogen (secondary N) is 1. The number of carbonyl (C=O) groups is 1. The summed E-state index contributed by atoms with van der Waals surface area (Å²) < 4.78 is 1.18. The molecule has 0 aromatic heterocycles. The van der Waals surface area contributed by atoms with Crippen LogP contribution in [0.15, 0.2) is 24.3 Å². The van der Waals surface area contributed by atoms with E-state index in [9.17, 15) is 4.79 Å². The van der Waals surface area contributed by atoms with Crippen molar-refractivity contribution in [3.8, 4) is 0 Å². The molecule has 1 aromatic rings. The van der Waals surface area contributed by atoms with Crippen molar-refractivity contribution in [1.82, 2.24) is 0 Å². The SMILES string of the molecule is C[C@H]1C[C@@H]1C(=O)Nc1ccc(I)cc1. The smallest absolute Gasteiger partial charge is 0.227 e. The Bertz CT molecular complexity index is 347. The van der Waals surface area contributed by atoms with Gasteiger partial charge >= 0.3 is 0 Å². The highest BCUT2D eigenvalue weighted by molar-refractivity contribution is 14.1. The second kappa shape index (κ2) is 3.88.